The Labute approximate surface area is 119 Å². The molecule has 1 fully saturated rings. The lowest BCUT2D eigenvalue weighted by molar-refractivity contribution is 0.422. The molecule has 2 rings (SSSR count). The van der Waals surface area contributed by atoms with Crippen molar-refractivity contribution in [3.05, 3.63) is 25.0 Å². The first-order valence-electron chi connectivity index (χ1n) is 4.91. The summed E-state index contributed by atoms with van der Waals surface area (Å²) < 4.78 is 2.39. The van der Waals surface area contributed by atoms with Gasteiger partial charge in [0, 0.05) is 35.7 Å². The van der Waals surface area contributed by atoms with Gasteiger partial charge in [-0.15, -0.1) is 0 Å². The molecular weight excluding hydrogens is 404 g/mol. The van der Waals surface area contributed by atoms with Crippen LogP contribution in [0.1, 0.15) is 11.6 Å². The van der Waals surface area contributed by atoms with Gasteiger partial charge in [0.25, 0.3) is 0 Å². The molecule has 0 saturated carbocycles. The fraction of sp³-hybridized carbons (Fsp3) is 0.400. The van der Waals surface area contributed by atoms with E-state index in [1.807, 2.05) is 6.07 Å². The molecule has 88 valence electrons. The number of nitrogens with one attached hydrogen (secondary N) is 2. The summed E-state index contributed by atoms with van der Waals surface area (Å²) in [6.45, 7) is 2.77. The molecule has 0 aromatic heterocycles. The monoisotopic (exact) mass is 412 g/mol. The second-order valence-corrected chi connectivity index (χ2v) is 6.13. The Kier molecular flexibility index (Phi) is 4.29. The first kappa shape index (κ1) is 12.8. The lowest BCUT2D eigenvalue weighted by atomic mass is 10.1. The molecule has 0 amide bonds. The zero-order valence-electron chi connectivity index (χ0n) is 8.36. The molecule has 0 unspecified atom stereocenters. The van der Waals surface area contributed by atoms with E-state index in [-0.39, 0.29) is 11.8 Å². The summed E-state index contributed by atoms with van der Waals surface area (Å²) >= 11 is 10.3. The van der Waals surface area contributed by atoms with Crippen LogP contribution in [-0.4, -0.2) is 24.7 Å². The van der Waals surface area contributed by atoms with Gasteiger partial charge in [0.15, 0.2) is 0 Å². The van der Waals surface area contributed by atoms with Crippen molar-refractivity contribution in [2.45, 2.75) is 6.04 Å². The highest BCUT2D eigenvalue weighted by molar-refractivity contribution is 9.11. The summed E-state index contributed by atoms with van der Waals surface area (Å²) in [6, 6.07) is 2.07. The molecule has 1 aliphatic rings. The molecule has 3 N–H and O–H groups in total. The van der Waals surface area contributed by atoms with Gasteiger partial charge in [0.05, 0.1) is 8.95 Å². The average molecular weight is 415 g/mol. The lowest BCUT2D eigenvalue weighted by Gasteiger charge is -2.27. The van der Waals surface area contributed by atoms with E-state index in [0.717, 1.165) is 34.1 Å². The summed E-state index contributed by atoms with van der Waals surface area (Å²) in [4.78, 5) is 0. The summed E-state index contributed by atoms with van der Waals surface area (Å²) in [5, 5.41) is 16.6. The number of piperazine rings is 1. The summed E-state index contributed by atoms with van der Waals surface area (Å²) in [7, 11) is 0. The molecular formula is C10H11Br3N2O. The van der Waals surface area contributed by atoms with Crippen LogP contribution >= 0.6 is 47.8 Å². The molecule has 1 heterocycles. The number of benzene rings is 1. The van der Waals surface area contributed by atoms with Crippen LogP contribution in [0.2, 0.25) is 0 Å². The van der Waals surface area contributed by atoms with Crippen molar-refractivity contribution < 1.29 is 5.11 Å². The fourth-order valence-electron chi connectivity index (χ4n) is 1.77. The smallest absolute Gasteiger partial charge is 0.144 e. The van der Waals surface area contributed by atoms with Crippen molar-refractivity contribution in [1.29, 1.82) is 0 Å². The Morgan fingerprint density at radius 2 is 1.94 bits per heavy atom. The minimum Gasteiger partial charge on any atom is -0.506 e. The van der Waals surface area contributed by atoms with Gasteiger partial charge in [-0.25, -0.2) is 0 Å². The zero-order valence-corrected chi connectivity index (χ0v) is 13.1. The van der Waals surface area contributed by atoms with Gasteiger partial charge in [-0.1, -0.05) is 15.9 Å². The Hall–Kier alpha value is 0.380. The van der Waals surface area contributed by atoms with Crippen molar-refractivity contribution >= 4 is 47.8 Å². The van der Waals surface area contributed by atoms with Crippen LogP contribution in [-0.2, 0) is 0 Å². The molecule has 0 bridgehead atoms. The minimum absolute atomic E-state index is 0.205. The number of halogens is 3. The molecule has 0 aliphatic carbocycles. The molecule has 1 aromatic carbocycles. The number of phenolic OH excluding ortho intramolecular Hbond substituents is 1. The van der Waals surface area contributed by atoms with Gasteiger partial charge in [0.1, 0.15) is 5.75 Å². The number of aromatic hydroxyl groups is 1. The van der Waals surface area contributed by atoms with Crippen molar-refractivity contribution in [1.82, 2.24) is 10.6 Å². The number of hydrogen-bond donors (Lipinski definition) is 3. The summed E-state index contributed by atoms with van der Waals surface area (Å²) in [6.07, 6.45) is 0. The standard InChI is InChI=1S/C10H11Br3N2O/c11-5-3-6(12)10(16)9(13)8(5)7-4-14-1-2-15-7/h3,7,14-16H,1-2,4H2/t7-/m0/s1. The van der Waals surface area contributed by atoms with Crippen LogP contribution in [0.4, 0.5) is 0 Å². The molecule has 0 radical (unpaired) electrons. The van der Waals surface area contributed by atoms with Crippen LogP contribution in [0.5, 0.6) is 5.75 Å². The Morgan fingerprint density at radius 3 is 2.56 bits per heavy atom. The second-order valence-electron chi connectivity index (χ2n) is 3.63. The van der Waals surface area contributed by atoms with E-state index in [0.29, 0.717) is 4.47 Å². The van der Waals surface area contributed by atoms with Crippen molar-refractivity contribution in [3.63, 3.8) is 0 Å². The number of hydrogen-bond acceptors (Lipinski definition) is 3. The first-order chi connectivity index (χ1) is 7.61. The molecule has 3 nitrogen and oxygen atoms in total. The first-order valence-corrected chi connectivity index (χ1v) is 7.29. The SMILES string of the molecule is Oc1c(Br)cc(Br)c([C@@H]2CNCCN2)c1Br. The van der Waals surface area contributed by atoms with Crippen LogP contribution in [0.3, 0.4) is 0 Å². The molecule has 1 aromatic rings. The normalized spacial score (nSPS) is 21.1. The minimum atomic E-state index is 0.205. The molecule has 1 saturated heterocycles. The van der Waals surface area contributed by atoms with Crippen LogP contribution in [0.15, 0.2) is 19.5 Å². The van der Waals surface area contributed by atoms with Crippen LogP contribution in [0.25, 0.3) is 0 Å². The predicted octanol–water partition coefficient (Wildman–Crippen LogP) is 2.91. The number of phenols is 1. The molecule has 6 heteroatoms. The van der Waals surface area contributed by atoms with Gasteiger partial charge in [-0.05, 0) is 37.9 Å². The Morgan fingerprint density at radius 1 is 1.19 bits per heavy atom. The number of rotatable bonds is 1. The van der Waals surface area contributed by atoms with Crippen LogP contribution in [0, 0.1) is 0 Å². The third-order valence-corrected chi connectivity index (χ3v) is 4.63. The van der Waals surface area contributed by atoms with E-state index in [4.69, 9.17) is 0 Å². The van der Waals surface area contributed by atoms with Gasteiger partial charge in [-0.2, -0.15) is 0 Å². The quantitative estimate of drug-likeness (QED) is 0.662. The third-order valence-electron chi connectivity index (χ3n) is 2.57. The van der Waals surface area contributed by atoms with Crippen molar-refractivity contribution in [2.75, 3.05) is 19.6 Å². The van der Waals surface area contributed by atoms with Gasteiger partial charge >= 0.3 is 0 Å². The van der Waals surface area contributed by atoms with E-state index in [1.165, 1.54) is 0 Å². The third kappa shape index (κ3) is 2.46. The molecule has 1 atom stereocenters. The topological polar surface area (TPSA) is 44.3 Å². The molecule has 16 heavy (non-hydrogen) atoms. The maximum absolute atomic E-state index is 9.88. The fourth-order valence-corrected chi connectivity index (χ4v) is 4.44. The average Bonchev–Trinajstić information content (AvgIpc) is 2.28. The Balaban J connectivity index is 2.42. The maximum atomic E-state index is 9.88. The van der Waals surface area contributed by atoms with Crippen molar-refractivity contribution in [2.24, 2.45) is 0 Å². The molecule has 1 aliphatic heterocycles. The van der Waals surface area contributed by atoms with Crippen molar-refractivity contribution in [3.8, 4) is 5.75 Å². The second kappa shape index (κ2) is 5.35. The largest absolute Gasteiger partial charge is 0.506 e. The van der Waals surface area contributed by atoms with E-state index < -0.39 is 0 Å². The maximum Gasteiger partial charge on any atom is 0.144 e. The van der Waals surface area contributed by atoms with E-state index in [1.54, 1.807) is 0 Å². The van der Waals surface area contributed by atoms with Gasteiger partial charge < -0.3 is 15.7 Å². The van der Waals surface area contributed by atoms with Crippen LogP contribution < -0.4 is 10.6 Å². The highest BCUT2D eigenvalue weighted by atomic mass is 79.9. The predicted molar refractivity (Wildman–Crippen MR) is 74.8 cm³/mol. The summed E-state index contributed by atoms with van der Waals surface area (Å²) in [5.41, 5.74) is 1.05. The molecule has 0 spiro atoms. The van der Waals surface area contributed by atoms with E-state index in [2.05, 4.69) is 58.4 Å². The van der Waals surface area contributed by atoms with E-state index >= 15 is 0 Å². The Bertz CT molecular complexity index is 406. The zero-order chi connectivity index (χ0) is 11.7. The van der Waals surface area contributed by atoms with Gasteiger partial charge in [0.2, 0.25) is 0 Å². The summed E-state index contributed by atoms with van der Waals surface area (Å²) in [5.74, 6) is 0.241. The van der Waals surface area contributed by atoms with E-state index in [9.17, 15) is 5.11 Å². The lowest BCUT2D eigenvalue weighted by Crippen LogP contribution is -2.42. The highest BCUT2D eigenvalue weighted by Gasteiger charge is 2.22. The highest BCUT2D eigenvalue weighted by Crippen LogP contribution is 2.42. The van der Waals surface area contributed by atoms with Gasteiger partial charge in [-0.3, -0.25) is 0 Å².